The van der Waals surface area contributed by atoms with Crippen LogP contribution in [-0.4, -0.2) is 16.9 Å². The van der Waals surface area contributed by atoms with Crippen molar-refractivity contribution in [1.82, 2.24) is 16.2 Å². The average Bonchev–Trinajstić information content (AvgIpc) is 3.00. The van der Waals surface area contributed by atoms with Gasteiger partial charge in [-0.05, 0) is 36.5 Å². The molecule has 0 aliphatic heterocycles. The number of carbonyl (C=O) groups is 2. The first-order chi connectivity index (χ1) is 9.66. The number of hydrogen-bond donors (Lipinski definition) is 3. The zero-order chi connectivity index (χ0) is 14.4. The van der Waals surface area contributed by atoms with Crippen LogP contribution in [-0.2, 0) is 0 Å². The van der Waals surface area contributed by atoms with Gasteiger partial charge in [0.25, 0.3) is 11.8 Å². The summed E-state index contributed by atoms with van der Waals surface area (Å²) < 4.78 is 4.90. The summed E-state index contributed by atoms with van der Waals surface area (Å²) in [5, 5.41) is 2.33. The topological polar surface area (TPSA) is 83.4 Å². The van der Waals surface area contributed by atoms with Crippen molar-refractivity contribution in [2.75, 3.05) is 0 Å². The van der Waals surface area contributed by atoms with Gasteiger partial charge < -0.3 is 4.42 Å². The summed E-state index contributed by atoms with van der Waals surface area (Å²) in [5.74, 6) is -0.731. The molecule has 0 saturated heterocycles. The van der Waals surface area contributed by atoms with E-state index >= 15 is 0 Å². The Morgan fingerprint density at radius 3 is 2.35 bits per heavy atom. The maximum absolute atomic E-state index is 11.7. The fourth-order valence-corrected chi connectivity index (χ4v) is 1.52. The van der Waals surface area contributed by atoms with E-state index in [4.69, 9.17) is 16.6 Å². The molecule has 3 N–H and O–H groups in total. The highest BCUT2D eigenvalue weighted by Gasteiger charge is 2.11. The third kappa shape index (κ3) is 3.66. The zero-order valence-corrected chi connectivity index (χ0v) is 11.1. The molecule has 1 aromatic carbocycles. The van der Waals surface area contributed by atoms with Crippen molar-refractivity contribution < 1.29 is 14.0 Å². The van der Waals surface area contributed by atoms with Crippen LogP contribution in [0.5, 0.6) is 0 Å². The van der Waals surface area contributed by atoms with Gasteiger partial charge >= 0.3 is 0 Å². The van der Waals surface area contributed by atoms with E-state index in [2.05, 4.69) is 16.2 Å². The third-order valence-corrected chi connectivity index (χ3v) is 2.50. The number of nitrogens with one attached hydrogen (secondary N) is 3. The number of hydrogen-bond acceptors (Lipinski definition) is 4. The molecular formula is C13H11N3O3S. The highest BCUT2D eigenvalue weighted by Crippen LogP contribution is 1.99. The molecule has 0 saturated carbocycles. The molecule has 0 bridgehead atoms. The lowest BCUT2D eigenvalue weighted by molar-refractivity contribution is 0.0927. The number of furan rings is 1. The van der Waals surface area contributed by atoms with Gasteiger partial charge in [0.2, 0.25) is 0 Å². The van der Waals surface area contributed by atoms with Crippen molar-refractivity contribution in [2.45, 2.75) is 0 Å². The molecule has 1 heterocycles. The summed E-state index contributed by atoms with van der Waals surface area (Å²) >= 11 is 4.87. The van der Waals surface area contributed by atoms with Crippen molar-refractivity contribution in [1.29, 1.82) is 0 Å². The average molecular weight is 289 g/mol. The van der Waals surface area contributed by atoms with Gasteiger partial charge in [-0.2, -0.15) is 0 Å². The van der Waals surface area contributed by atoms with E-state index < -0.39 is 5.91 Å². The fraction of sp³-hybridized carbons (Fsp3) is 0. The molecule has 2 rings (SSSR count). The second kappa shape index (κ2) is 6.48. The third-order valence-electron chi connectivity index (χ3n) is 2.30. The lowest BCUT2D eigenvalue weighted by Gasteiger charge is -2.09. The Balaban J connectivity index is 1.81. The van der Waals surface area contributed by atoms with Gasteiger partial charge in [-0.1, -0.05) is 18.2 Å². The monoisotopic (exact) mass is 289 g/mol. The molecule has 102 valence electrons. The van der Waals surface area contributed by atoms with E-state index in [1.165, 1.54) is 12.3 Å². The predicted octanol–water partition coefficient (Wildman–Crippen LogP) is 1.23. The molecule has 2 amide bonds. The van der Waals surface area contributed by atoms with Gasteiger partial charge in [0.05, 0.1) is 6.26 Å². The molecule has 0 atom stereocenters. The fourth-order valence-electron chi connectivity index (χ4n) is 1.38. The first-order valence-electron chi connectivity index (χ1n) is 5.67. The van der Waals surface area contributed by atoms with Gasteiger partial charge in [-0.25, -0.2) is 0 Å². The summed E-state index contributed by atoms with van der Waals surface area (Å²) in [5.41, 5.74) is 5.28. The van der Waals surface area contributed by atoms with E-state index in [9.17, 15) is 9.59 Å². The number of thiocarbonyl (C=S) groups is 1. The lowest BCUT2D eigenvalue weighted by atomic mass is 10.2. The van der Waals surface area contributed by atoms with Crippen molar-refractivity contribution in [3.8, 4) is 0 Å². The van der Waals surface area contributed by atoms with Gasteiger partial charge in [-0.15, -0.1) is 0 Å². The van der Waals surface area contributed by atoms with E-state index in [1.807, 2.05) is 0 Å². The van der Waals surface area contributed by atoms with Crippen LogP contribution >= 0.6 is 12.2 Å². The van der Waals surface area contributed by atoms with Gasteiger partial charge in [0.15, 0.2) is 10.9 Å². The quantitative estimate of drug-likeness (QED) is 0.572. The minimum atomic E-state index is -0.499. The number of rotatable bonds is 2. The second-order valence-corrected chi connectivity index (χ2v) is 4.11. The summed E-state index contributed by atoms with van der Waals surface area (Å²) in [6.45, 7) is 0. The zero-order valence-electron chi connectivity index (χ0n) is 10.3. The molecule has 7 heteroatoms. The second-order valence-electron chi connectivity index (χ2n) is 3.71. The van der Waals surface area contributed by atoms with E-state index in [0.29, 0.717) is 5.56 Å². The normalized spacial score (nSPS) is 9.60. The Morgan fingerprint density at radius 1 is 0.950 bits per heavy atom. The van der Waals surface area contributed by atoms with E-state index in [1.54, 1.807) is 36.4 Å². The largest absolute Gasteiger partial charge is 0.459 e. The van der Waals surface area contributed by atoms with Crippen molar-refractivity contribution in [2.24, 2.45) is 0 Å². The molecule has 1 aromatic heterocycles. The first-order valence-corrected chi connectivity index (χ1v) is 6.08. The van der Waals surface area contributed by atoms with Crippen LogP contribution in [0.25, 0.3) is 0 Å². The lowest BCUT2D eigenvalue weighted by Crippen LogP contribution is -2.48. The molecule has 6 nitrogen and oxygen atoms in total. The maximum Gasteiger partial charge on any atom is 0.293 e. The molecule has 0 fully saturated rings. The highest BCUT2D eigenvalue weighted by atomic mass is 32.1. The molecule has 2 aromatic rings. The number of benzene rings is 1. The molecule has 0 aliphatic carbocycles. The molecule has 0 unspecified atom stereocenters. The molecular weight excluding hydrogens is 278 g/mol. The Morgan fingerprint density at radius 2 is 1.70 bits per heavy atom. The Kier molecular flexibility index (Phi) is 4.46. The predicted molar refractivity (Wildman–Crippen MR) is 75.8 cm³/mol. The van der Waals surface area contributed by atoms with Crippen LogP contribution in [0.15, 0.2) is 53.1 Å². The van der Waals surface area contributed by atoms with Crippen LogP contribution in [0.1, 0.15) is 20.9 Å². The van der Waals surface area contributed by atoms with Crippen LogP contribution in [0.2, 0.25) is 0 Å². The van der Waals surface area contributed by atoms with E-state index in [-0.39, 0.29) is 16.8 Å². The molecule has 0 spiro atoms. The number of amides is 2. The number of hydrazine groups is 1. The molecule has 0 radical (unpaired) electrons. The minimum Gasteiger partial charge on any atom is -0.459 e. The number of carbonyl (C=O) groups excluding carboxylic acids is 2. The smallest absolute Gasteiger partial charge is 0.293 e. The summed E-state index contributed by atoms with van der Waals surface area (Å²) in [6, 6.07) is 11.7. The Labute approximate surface area is 120 Å². The van der Waals surface area contributed by atoms with Crippen molar-refractivity contribution in [3.63, 3.8) is 0 Å². The summed E-state index contributed by atoms with van der Waals surface area (Å²) in [7, 11) is 0. The van der Waals surface area contributed by atoms with Crippen LogP contribution in [0.4, 0.5) is 0 Å². The van der Waals surface area contributed by atoms with Gasteiger partial charge in [0.1, 0.15) is 0 Å². The Hall–Kier alpha value is -2.67. The Bertz CT molecular complexity index is 611. The van der Waals surface area contributed by atoms with Crippen LogP contribution < -0.4 is 16.2 Å². The van der Waals surface area contributed by atoms with Crippen LogP contribution in [0, 0.1) is 0 Å². The molecule has 20 heavy (non-hydrogen) atoms. The first kappa shape index (κ1) is 13.8. The van der Waals surface area contributed by atoms with Gasteiger partial charge in [0, 0.05) is 5.56 Å². The minimum absolute atomic E-state index is 0.0318. The van der Waals surface area contributed by atoms with Gasteiger partial charge in [-0.3, -0.25) is 25.8 Å². The van der Waals surface area contributed by atoms with E-state index in [0.717, 1.165) is 0 Å². The standard InChI is InChI=1S/C13H11N3O3S/c17-11(9-5-2-1-3-6-9)15-16-13(20)14-12(18)10-7-4-8-19-10/h1-8H,(H,15,17)(H2,14,16,18,20). The summed E-state index contributed by atoms with van der Waals surface area (Å²) in [4.78, 5) is 23.3. The van der Waals surface area contributed by atoms with Crippen LogP contribution in [0.3, 0.4) is 0 Å². The highest BCUT2D eigenvalue weighted by molar-refractivity contribution is 7.80. The summed E-state index contributed by atoms with van der Waals surface area (Å²) in [6.07, 6.45) is 1.38. The maximum atomic E-state index is 11.7. The van der Waals surface area contributed by atoms with Crippen molar-refractivity contribution in [3.05, 3.63) is 60.1 Å². The van der Waals surface area contributed by atoms with Crippen molar-refractivity contribution >= 4 is 29.1 Å². The SMILES string of the molecule is O=C(NNC(=S)NC(=O)c1ccco1)c1ccccc1. The molecule has 0 aliphatic rings.